The highest BCUT2D eigenvalue weighted by Gasteiger charge is 2.16. The summed E-state index contributed by atoms with van der Waals surface area (Å²) in [5.41, 5.74) is 5.34. The van der Waals surface area contributed by atoms with E-state index in [0.29, 0.717) is 13.2 Å². The summed E-state index contributed by atoms with van der Waals surface area (Å²) in [4.78, 5) is 2.32. The fraction of sp³-hybridized carbons (Fsp3) is 0.778. The van der Waals surface area contributed by atoms with Crippen molar-refractivity contribution in [2.45, 2.75) is 13.1 Å². The lowest BCUT2D eigenvalue weighted by molar-refractivity contribution is 0.0977. The van der Waals surface area contributed by atoms with Gasteiger partial charge in [0.05, 0.1) is 19.8 Å². The van der Waals surface area contributed by atoms with Crippen molar-refractivity contribution >= 4 is 0 Å². The first-order valence-corrected chi connectivity index (χ1v) is 5.27. The van der Waals surface area contributed by atoms with Crippen molar-refractivity contribution in [3.8, 4) is 0 Å². The number of rotatable bonds is 5. The number of nitrogens with zero attached hydrogens (tertiary/aromatic N) is 4. The van der Waals surface area contributed by atoms with Gasteiger partial charge in [0.15, 0.2) is 0 Å². The van der Waals surface area contributed by atoms with Gasteiger partial charge in [-0.3, -0.25) is 4.90 Å². The molecule has 0 saturated carbocycles. The van der Waals surface area contributed by atoms with E-state index in [1.54, 1.807) is 6.33 Å². The molecule has 84 valence electrons. The minimum atomic E-state index is 0.592. The van der Waals surface area contributed by atoms with Crippen LogP contribution in [-0.2, 0) is 17.8 Å². The quantitative estimate of drug-likeness (QED) is 0.637. The molecule has 6 nitrogen and oxygen atoms in total. The Morgan fingerprint density at radius 1 is 1.40 bits per heavy atom. The van der Waals surface area contributed by atoms with Crippen molar-refractivity contribution in [3.05, 3.63) is 12.2 Å². The molecular weight excluding hydrogens is 194 g/mol. The van der Waals surface area contributed by atoms with Crippen molar-refractivity contribution in [3.63, 3.8) is 0 Å². The summed E-state index contributed by atoms with van der Waals surface area (Å²) >= 11 is 0. The number of hydrogen-bond donors (Lipinski definition) is 1. The Morgan fingerprint density at radius 3 is 3.20 bits per heavy atom. The molecule has 1 aliphatic heterocycles. The van der Waals surface area contributed by atoms with E-state index in [9.17, 15) is 0 Å². The second-order valence-corrected chi connectivity index (χ2v) is 3.62. The Kier molecular flexibility index (Phi) is 3.65. The Morgan fingerprint density at radius 2 is 2.33 bits per heavy atom. The third-order valence-corrected chi connectivity index (χ3v) is 2.53. The lowest BCUT2D eigenvalue weighted by Crippen LogP contribution is -2.36. The molecule has 6 heteroatoms. The third-order valence-electron chi connectivity index (χ3n) is 2.53. The predicted octanol–water partition coefficient (Wildman–Crippen LogP) is -0.931. The molecule has 2 rings (SSSR count). The van der Waals surface area contributed by atoms with E-state index < -0.39 is 0 Å². The molecule has 0 spiro atoms. The third kappa shape index (κ3) is 2.74. The van der Waals surface area contributed by atoms with Crippen LogP contribution < -0.4 is 5.73 Å². The van der Waals surface area contributed by atoms with Gasteiger partial charge in [-0.2, -0.15) is 0 Å². The smallest absolute Gasteiger partial charge is 0.147 e. The Hall–Kier alpha value is -0.980. The molecule has 1 aromatic rings. The van der Waals surface area contributed by atoms with E-state index in [4.69, 9.17) is 10.5 Å². The van der Waals surface area contributed by atoms with Gasteiger partial charge in [-0.25, -0.2) is 0 Å². The lowest BCUT2D eigenvalue weighted by atomic mass is 10.3. The van der Waals surface area contributed by atoms with Crippen LogP contribution in [-0.4, -0.2) is 52.5 Å². The number of hydrogen-bond acceptors (Lipinski definition) is 5. The number of nitrogens with two attached hydrogens (primary N) is 1. The maximum atomic E-state index is 5.35. The van der Waals surface area contributed by atoms with E-state index in [0.717, 1.165) is 38.6 Å². The molecule has 1 aliphatic rings. The van der Waals surface area contributed by atoms with Gasteiger partial charge in [-0.15, -0.1) is 10.2 Å². The molecule has 0 unspecified atom stereocenters. The van der Waals surface area contributed by atoms with Gasteiger partial charge in [0.2, 0.25) is 0 Å². The van der Waals surface area contributed by atoms with E-state index in [1.165, 1.54) is 0 Å². The van der Waals surface area contributed by atoms with E-state index in [2.05, 4.69) is 19.7 Å². The molecule has 0 saturated heterocycles. The Labute approximate surface area is 89.0 Å². The molecule has 0 aliphatic carbocycles. The Bertz CT molecular complexity index is 300. The summed E-state index contributed by atoms with van der Waals surface area (Å²) in [6, 6.07) is 0. The van der Waals surface area contributed by atoms with Crippen LogP contribution in [0, 0.1) is 0 Å². The van der Waals surface area contributed by atoms with Crippen LogP contribution in [0.3, 0.4) is 0 Å². The molecule has 0 fully saturated rings. The predicted molar refractivity (Wildman–Crippen MR) is 55.2 cm³/mol. The fourth-order valence-corrected chi connectivity index (χ4v) is 1.69. The van der Waals surface area contributed by atoms with E-state index in [1.807, 2.05) is 0 Å². The molecule has 2 heterocycles. The summed E-state index contributed by atoms with van der Waals surface area (Å²) in [7, 11) is 0. The standard InChI is InChI=1S/C9H17N5O/c10-1-5-15-6-4-13-2-3-14-8-11-12-9(14)7-13/h8H,1-7,10H2. The summed E-state index contributed by atoms with van der Waals surface area (Å²) in [5.74, 6) is 1.04. The highest BCUT2D eigenvalue weighted by Crippen LogP contribution is 2.07. The van der Waals surface area contributed by atoms with E-state index >= 15 is 0 Å². The maximum Gasteiger partial charge on any atom is 0.147 e. The van der Waals surface area contributed by atoms with Crippen LogP contribution in [0.15, 0.2) is 6.33 Å². The molecule has 0 amide bonds. The maximum absolute atomic E-state index is 5.35. The van der Waals surface area contributed by atoms with Gasteiger partial charge in [0.1, 0.15) is 12.2 Å². The summed E-state index contributed by atoms with van der Waals surface area (Å²) in [5, 5.41) is 7.95. The van der Waals surface area contributed by atoms with Crippen molar-refractivity contribution in [1.29, 1.82) is 0 Å². The highest BCUT2D eigenvalue weighted by molar-refractivity contribution is 4.89. The van der Waals surface area contributed by atoms with Crippen LogP contribution >= 0.6 is 0 Å². The molecule has 15 heavy (non-hydrogen) atoms. The number of fused-ring (bicyclic) bond motifs is 1. The van der Waals surface area contributed by atoms with Crippen LogP contribution in [0.25, 0.3) is 0 Å². The minimum absolute atomic E-state index is 0.592. The molecule has 2 N–H and O–H groups in total. The van der Waals surface area contributed by atoms with Crippen LogP contribution in [0.2, 0.25) is 0 Å². The first-order chi connectivity index (χ1) is 7.40. The summed E-state index contributed by atoms with van der Waals surface area (Å²) in [6.07, 6.45) is 1.79. The van der Waals surface area contributed by atoms with Crippen molar-refractivity contribution < 1.29 is 4.74 Å². The summed E-state index contributed by atoms with van der Waals surface area (Å²) < 4.78 is 7.44. The van der Waals surface area contributed by atoms with Gasteiger partial charge < -0.3 is 15.0 Å². The fourth-order valence-electron chi connectivity index (χ4n) is 1.69. The zero-order valence-electron chi connectivity index (χ0n) is 8.80. The average molecular weight is 211 g/mol. The van der Waals surface area contributed by atoms with Gasteiger partial charge in [-0.05, 0) is 0 Å². The SMILES string of the molecule is NCCOCCN1CCn2cnnc2C1. The molecule has 0 radical (unpaired) electrons. The second-order valence-electron chi connectivity index (χ2n) is 3.62. The van der Waals surface area contributed by atoms with Gasteiger partial charge in [0.25, 0.3) is 0 Å². The average Bonchev–Trinajstić information content (AvgIpc) is 2.71. The van der Waals surface area contributed by atoms with Crippen LogP contribution in [0.5, 0.6) is 0 Å². The van der Waals surface area contributed by atoms with Gasteiger partial charge in [-0.1, -0.05) is 0 Å². The lowest BCUT2D eigenvalue weighted by Gasteiger charge is -2.26. The first kappa shape index (κ1) is 10.5. The van der Waals surface area contributed by atoms with Crippen LogP contribution in [0.4, 0.5) is 0 Å². The largest absolute Gasteiger partial charge is 0.379 e. The molecule has 1 aromatic heterocycles. The van der Waals surface area contributed by atoms with E-state index in [-0.39, 0.29) is 0 Å². The molecular formula is C9H17N5O. The minimum Gasteiger partial charge on any atom is -0.379 e. The van der Waals surface area contributed by atoms with Crippen molar-refractivity contribution in [1.82, 2.24) is 19.7 Å². The summed E-state index contributed by atoms with van der Waals surface area (Å²) in [6.45, 7) is 5.79. The number of aromatic nitrogens is 3. The Balaban J connectivity index is 1.73. The van der Waals surface area contributed by atoms with Crippen LogP contribution in [0.1, 0.15) is 5.82 Å². The van der Waals surface area contributed by atoms with Gasteiger partial charge >= 0.3 is 0 Å². The van der Waals surface area contributed by atoms with Crippen molar-refractivity contribution in [2.75, 3.05) is 32.8 Å². The molecule has 0 aromatic carbocycles. The zero-order valence-corrected chi connectivity index (χ0v) is 8.80. The number of ether oxygens (including phenoxy) is 1. The normalized spacial score (nSPS) is 16.6. The van der Waals surface area contributed by atoms with Crippen molar-refractivity contribution in [2.24, 2.45) is 5.73 Å². The topological polar surface area (TPSA) is 69.2 Å². The zero-order chi connectivity index (χ0) is 10.5. The first-order valence-electron chi connectivity index (χ1n) is 5.27. The second kappa shape index (κ2) is 5.20. The monoisotopic (exact) mass is 211 g/mol. The molecule has 0 atom stereocenters. The molecule has 0 bridgehead atoms. The van der Waals surface area contributed by atoms with Gasteiger partial charge in [0, 0.05) is 26.2 Å². The highest BCUT2D eigenvalue weighted by atomic mass is 16.5.